The summed E-state index contributed by atoms with van der Waals surface area (Å²) in [6.45, 7) is 8.33. The van der Waals surface area contributed by atoms with Gasteiger partial charge in [0.1, 0.15) is 5.76 Å². The zero-order valence-electron chi connectivity index (χ0n) is 21.3. The lowest BCUT2D eigenvalue weighted by Gasteiger charge is -2.59. The lowest BCUT2D eigenvalue weighted by molar-refractivity contribution is -0.386. The lowest BCUT2D eigenvalue weighted by Crippen LogP contribution is -2.57. The summed E-state index contributed by atoms with van der Waals surface area (Å²) >= 11 is 0. The molecule has 0 bridgehead atoms. The van der Waals surface area contributed by atoms with Crippen LogP contribution in [0.5, 0.6) is 11.5 Å². The minimum absolute atomic E-state index is 0.0460. The number of methoxy groups -OCH3 is 1. The number of benzene rings is 1. The number of hydrogen-bond donors (Lipinski definition) is 3. The highest BCUT2D eigenvalue weighted by molar-refractivity contribution is 5.96. The van der Waals surface area contributed by atoms with Crippen molar-refractivity contribution in [3.05, 3.63) is 69.5 Å². The highest BCUT2D eigenvalue weighted by atomic mass is 16.6. The molecule has 1 aliphatic heterocycles. The molecule has 9 heteroatoms. The van der Waals surface area contributed by atoms with Gasteiger partial charge in [0.2, 0.25) is 5.75 Å². The molecule has 3 N–H and O–H groups in total. The fourth-order valence-corrected chi connectivity index (χ4v) is 6.44. The van der Waals surface area contributed by atoms with E-state index in [9.17, 15) is 30.2 Å². The number of aliphatic hydroxyl groups excluding tert-OH is 2. The number of aromatic hydroxyl groups is 1. The van der Waals surface area contributed by atoms with Crippen molar-refractivity contribution in [3.8, 4) is 11.5 Å². The molecule has 0 saturated heterocycles. The van der Waals surface area contributed by atoms with Gasteiger partial charge in [-0.15, -0.1) is 0 Å². The summed E-state index contributed by atoms with van der Waals surface area (Å²) in [5, 5.41) is 42.1. The van der Waals surface area contributed by atoms with Gasteiger partial charge in [-0.1, -0.05) is 38.2 Å². The van der Waals surface area contributed by atoms with Crippen LogP contribution in [0.4, 0.5) is 5.69 Å². The minimum Gasteiger partial charge on any atom is -0.500 e. The Hall–Kier alpha value is -3.43. The Balaban J connectivity index is 1.63. The summed E-state index contributed by atoms with van der Waals surface area (Å²) in [7, 11) is 1.29. The minimum atomic E-state index is -0.721. The van der Waals surface area contributed by atoms with Gasteiger partial charge in [0, 0.05) is 17.4 Å². The molecule has 2 unspecified atom stereocenters. The number of hydrogen-bond acceptors (Lipinski definition) is 8. The zero-order chi connectivity index (χ0) is 27.1. The number of rotatable bonds is 6. The zero-order valence-corrected chi connectivity index (χ0v) is 21.3. The Morgan fingerprint density at radius 1 is 1.32 bits per heavy atom. The van der Waals surface area contributed by atoms with E-state index in [-0.39, 0.29) is 35.4 Å². The van der Waals surface area contributed by atoms with Crippen LogP contribution < -0.4 is 4.74 Å². The van der Waals surface area contributed by atoms with E-state index in [4.69, 9.17) is 9.47 Å². The molecule has 9 nitrogen and oxygen atoms in total. The number of nitro benzene ring substituents is 1. The number of allylic oxidation sites excluding steroid dienone is 3. The first-order chi connectivity index (χ1) is 17.4. The monoisotopic (exact) mass is 511 g/mol. The summed E-state index contributed by atoms with van der Waals surface area (Å²) < 4.78 is 10.4. The second kappa shape index (κ2) is 9.79. The first kappa shape index (κ1) is 26.6. The maximum atomic E-state index is 12.6. The number of carbonyl (C=O) groups excluding carboxylic acids is 1. The van der Waals surface area contributed by atoms with Crippen LogP contribution in [0.1, 0.15) is 45.1 Å². The average molecular weight is 512 g/mol. The first-order valence-electron chi connectivity index (χ1n) is 12.3. The van der Waals surface area contributed by atoms with Crippen molar-refractivity contribution in [2.45, 2.75) is 45.6 Å². The van der Waals surface area contributed by atoms with Crippen LogP contribution in [0.15, 0.2) is 53.8 Å². The van der Waals surface area contributed by atoms with Crippen molar-refractivity contribution >= 4 is 17.7 Å². The molecular weight excluding hydrogens is 478 g/mol. The Labute approximate surface area is 215 Å². The van der Waals surface area contributed by atoms with Crippen molar-refractivity contribution in [1.82, 2.24) is 0 Å². The smallest absolute Gasteiger partial charge is 0.343 e. The second-order valence-electron chi connectivity index (χ2n) is 10.7. The predicted octanol–water partition coefficient (Wildman–Crippen LogP) is 4.43. The lowest BCUT2D eigenvalue weighted by atomic mass is 9.46. The number of fused-ring (bicyclic) bond motifs is 1. The fourth-order valence-electron chi connectivity index (χ4n) is 6.44. The number of ether oxygens (including phenoxy) is 2. The maximum Gasteiger partial charge on any atom is 0.343 e. The van der Waals surface area contributed by atoms with Gasteiger partial charge in [0.15, 0.2) is 5.75 Å². The van der Waals surface area contributed by atoms with Crippen LogP contribution in [-0.2, 0) is 9.53 Å². The van der Waals surface area contributed by atoms with E-state index in [0.29, 0.717) is 17.6 Å². The number of aliphatic hydroxyl groups is 2. The summed E-state index contributed by atoms with van der Waals surface area (Å²) in [5.41, 5.74) is 0.348. The molecule has 37 heavy (non-hydrogen) atoms. The molecule has 0 amide bonds. The Morgan fingerprint density at radius 3 is 2.70 bits per heavy atom. The third-order valence-corrected chi connectivity index (χ3v) is 8.57. The van der Waals surface area contributed by atoms with Crippen LogP contribution in [0.25, 0.3) is 6.08 Å². The summed E-state index contributed by atoms with van der Waals surface area (Å²) in [4.78, 5) is 23.1. The predicted molar refractivity (Wildman–Crippen MR) is 136 cm³/mol. The van der Waals surface area contributed by atoms with E-state index >= 15 is 0 Å². The molecule has 3 aliphatic rings. The van der Waals surface area contributed by atoms with Crippen LogP contribution in [0.2, 0.25) is 0 Å². The fraction of sp³-hybridized carbons (Fsp3) is 0.464. The van der Waals surface area contributed by atoms with Gasteiger partial charge >= 0.3 is 11.7 Å². The number of phenols is 1. The van der Waals surface area contributed by atoms with E-state index in [1.807, 2.05) is 13.0 Å². The molecule has 4 rings (SSSR count). The quantitative estimate of drug-likeness (QED) is 0.221. The van der Waals surface area contributed by atoms with Crippen LogP contribution in [0, 0.1) is 32.8 Å². The molecular formula is C28H33NO8. The Bertz CT molecular complexity index is 1230. The molecule has 1 aromatic carbocycles. The average Bonchev–Trinajstić information content (AvgIpc) is 3.20. The number of nitro groups is 1. The van der Waals surface area contributed by atoms with Crippen molar-refractivity contribution in [3.63, 3.8) is 0 Å². The molecule has 5 atom stereocenters. The van der Waals surface area contributed by atoms with Crippen molar-refractivity contribution in [2.75, 3.05) is 13.7 Å². The summed E-state index contributed by atoms with van der Waals surface area (Å²) in [6.07, 6.45) is 9.10. The van der Waals surface area contributed by atoms with Crippen molar-refractivity contribution in [2.24, 2.45) is 22.7 Å². The summed E-state index contributed by atoms with van der Waals surface area (Å²) in [6, 6.07) is 2.58. The first-order valence-corrected chi connectivity index (χ1v) is 12.3. The number of nitrogens with zero attached hydrogens (tertiary/aromatic N) is 1. The van der Waals surface area contributed by atoms with Crippen molar-refractivity contribution in [1.29, 1.82) is 0 Å². The number of phenolic OH excluding ortho intramolecular Hbond substituents is 1. The van der Waals surface area contributed by atoms with E-state index in [1.54, 1.807) is 12.2 Å². The SMILES string of the molecule is C=C1CCC2[C@](C)(CC[C@H](O)[C@@]2(C)CO)C1/C=C/C1=CC(=C\c2cc(OC)c(O)c([N+](=O)[O-])c2)/OC1=O. The third-order valence-electron chi connectivity index (χ3n) is 8.57. The highest BCUT2D eigenvalue weighted by Crippen LogP contribution is 2.61. The standard InChI is InChI=1S/C28H33NO8/c1-16-5-8-23-27(2,10-9-24(31)28(23,3)15-30)20(16)7-6-18-14-19(37-26(18)33)11-17-12-21(29(34)35)25(32)22(13-17)36-4/h6-7,11-14,20,23-24,30-32H,1,5,8-10,15H2,2-4H3/b7-6+,19-11+/t20?,23?,24-,27+,28-/m0/s1. The topological polar surface area (TPSA) is 139 Å². The van der Waals surface area contributed by atoms with Gasteiger partial charge in [-0.25, -0.2) is 4.79 Å². The van der Waals surface area contributed by atoms with Crippen LogP contribution >= 0.6 is 0 Å². The van der Waals surface area contributed by atoms with Crippen LogP contribution in [0.3, 0.4) is 0 Å². The largest absolute Gasteiger partial charge is 0.500 e. The number of esters is 1. The third kappa shape index (κ3) is 4.57. The molecule has 198 valence electrons. The normalized spacial score (nSPS) is 32.8. The van der Waals surface area contributed by atoms with E-state index in [2.05, 4.69) is 13.5 Å². The molecule has 2 saturated carbocycles. The Morgan fingerprint density at radius 2 is 2.05 bits per heavy atom. The van der Waals surface area contributed by atoms with E-state index < -0.39 is 33.8 Å². The second-order valence-corrected chi connectivity index (χ2v) is 10.7. The number of cyclic esters (lactones) is 1. The Kier molecular flexibility index (Phi) is 7.05. The maximum absolute atomic E-state index is 12.6. The van der Waals surface area contributed by atoms with Gasteiger partial charge in [-0.3, -0.25) is 10.1 Å². The molecule has 0 aromatic heterocycles. The van der Waals surface area contributed by atoms with Gasteiger partial charge in [-0.05, 0) is 60.8 Å². The van der Waals surface area contributed by atoms with E-state index in [0.717, 1.165) is 24.8 Å². The highest BCUT2D eigenvalue weighted by Gasteiger charge is 2.57. The van der Waals surface area contributed by atoms with Crippen LogP contribution in [-0.4, -0.2) is 46.0 Å². The van der Waals surface area contributed by atoms with Crippen molar-refractivity contribution < 1.29 is 34.5 Å². The van der Waals surface area contributed by atoms with Gasteiger partial charge in [0.05, 0.1) is 30.3 Å². The summed E-state index contributed by atoms with van der Waals surface area (Å²) in [5.74, 6) is -0.952. The molecule has 1 aromatic rings. The van der Waals surface area contributed by atoms with Gasteiger partial charge in [0.25, 0.3) is 0 Å². The number of carbonyl (C=O) groups is 1. The van der Waals surface area contributed by atoms with Gasteiger partial charge in [-0.2, -0.15) is 0 Å². The molecule has 1 heterocycles. The van der Waals surface area contributed by atoms with Gasteiger partial charge < -0.3 is 24.8 Å². The van der Waals surface area contributed by atoms with E-state index in [1.165, 1.54) is 25.3 Å². The molecule has 0 radical (unpaired) electrons. The molecule has 2 fully saturated rings. The molecule has 0 spiro atoms. The molecule has 2 aliphatic carbocycles.